The van der Waals surface area contributed by atoms with Crippen molar-refractivity contribution in [3.8, 4) is 0 Å². The van der Waals surface area contributed by atoms with Gasteiger partial charge in [-0.15, -0.1) is 0 Å². The molecule has 5 heteroatoms. The van der Waals surface area contributed by atoms with Crippen LogP contribution in [0.2, 0.25) is 0 Å². The lowest BCUT2D eigenvalue weighted by Crippen LogP contribution is -2.45. The van der Waals surface area contributed by atoms with E-state index in [1.807, 2.05) is 4.31 Å². The number of alkyl halides is 1. The summed E-state index contributed by atoms with van der Waals surface area (Å²) in [5, 5.41) is 0.640. The first kappa shape index (κ1) is 14.8. The molecule has 0 saturated heterocycles. The normalized spacial score (nSPS) is 23.9. The Morgan fingerprint density at radius 1 is 0.944 bits per heavy atom. The molecule has 2 fully saturated rings. The fourth-order valence-corrected chi connectivity index (χ4v) is 6.25. The van der Waals surface area contributed by atoms with E-state index in [1.165, 1.54) is 19.3 Å². The first-order chi connectivity index (χ1) is 8.66. The molecular formula is C13H24BrNO2S. The molecule has 3 nitrogen and oxygen atoms in total. The molecule has 18 heavy (non-hydrogen) atoms. The summed E-state index contributed by atoms with van der Waals surface area (Å²) in [4.78, 5) is 0. The first-order valence-electron chi connectivity index (χ1n) is 7.23. The van der Waals surface area contributed by atoms with Crippen molar-refractivity contribution < 1.29 is 8.42 Å². The number of hydrogen-bond donors (Lipinski definition) is 0. The highest BCUT2D eigenvalue weighted by Gasteiger charge is 2.37. The van der Waals surface area contributed by atoms with E-state index in [0.717, 1.165) is 43.9 Å². The van der Waals surface area contributed by atoms with Crippen molar-refractivity contribution in [2.45, 2.75) is 69.1 Å². The number of hydrogen-bond acceptors (Lipinski definition) is 2. The lowest BCUT2D eigenvalue weighted by atomic mass is 10.0. The Labute approximate surface area is 119 Å². The van der Waals surface area contributed by atoms with E-state index in [1.54, 1.807) is 0 Å². The van der Waals surface area contributed by atoms with Gasteiger partial charge in [0.05, 0.1) is 5.25 Å². The zero-order valence-corrected chi connectivity index (χ0v) is 13.4. The van der Waals surface area contributed by atoms with E-state index in [9.17, 15) is 8.42 Å². The second-order valence-corrected chi connectivity index (χ2v) is 8.50. The third-order valence-corrected chi connectivity index (χ3v) is 7.14. The van der Waals surface area contributed by atoms with Crippen molar-refractivity contribution in [1.29, 1.82) is 0 Å². The van der Waals surface area contributed by atoms with Gasteiger partial charge in [-0.1, -0.05) is 48.0 Å². The molecule has 0 heterocycles. The van der Waals surface area contributed by atoms with Crippen LogP contribution in [0, 0.1) is 0 Å². The molecule has 0 spiro atoms. The van der Waals surface area contributed by atoms with Gasteiger partial charge in [-0.3, -0.25) is 0 Å². The van der Waals surface area contributed by atoms with Gasteiger partial charge in [0.2, 0.25) is 10.0 Å². The van der Waals surface area contributed by atoms with Crippen LogP contribution in [0.5, 0.6) is 0 Å². The smallest absolute Gasteiger partial charge is 0.212 e. The van der Waals surface area contributed by atoms with E-state index >= 15 is 0 Å². The van der Waals surface area contributed by atoms with Crippen LogP contribution in [-0.4, -0.2) is 35.9 Å². The summed E-state index contributed by atoms with van der Waals surface area (Å²) >= 11 is 3.41. The van der Waals surface area contributed by atoms with Crippen molar-refractivity contribution in [3.05, 3.63) is 0 Å². The molecule has 0 aliphatic heterocycles. The Hall–Kier alpha value is 0.390. The zero-order chi connectivity index (χ0) is 13.0. The van der Waals surface area contributed by atoms with Gasteiger partial charge in [0.15, 0.2) is 0 Å². The third-order valence-electron chi connectivity index (χ3n) is 4.34. The molecule has 106 valence electrons. The van der Waals surface area contributed by atoms with Gasteiger partial charge < -0.3 is 0 Å². The van der Waals surface area contributed by atoms with E-state index < -0.39 is 10.0 Å². The van der Waals surface area contributed by atoms with Crippen LogP contribution in [0.3, 0.4) is 0 Å². The summed E-state index contributed by atoms with van der Waals surface area (Å²) in [5.74, 6) is 0. The standard InChI is InChI=1S/C13H24BrNO2S/c14-10-11-15(12-6-4-5-7-12)18(16,17)13-8-2-1-3-9-13/h12-13H,1-11H2. The SMILES string of the molecule is O=S(=O)(C1CCCCC1)N(CCBr)C1CCCC1. The maximum atomic E-state index is 12.8. The Morgan fingerprint density at radius 2 is 1.50 bits per heavy atom. The molecule has 0 aromatic rings. The molecule has 0 aromatic heterocycles. The van der Waals surface area contributed by atoms with Gasteiger partial charge in [0.1, 0.15) is 0 Å². The molecular weight excluding hydrogens is 314 g/mol. The number of sulfonamides is 1. The van der Waals surface area contributed by atoms with Crippen LogP contribution < -0.4 is 0 Å². The van der Waals surface area contributed by atoms with Crippen LogP contribution >= 0.6 is 15.9 Å². The topological polar surface area (TPSA) is 37.4 Å². The minimum absolute atomic E-state index is 0.106. The quantitative estimate of drug-likeness (QED) is 0.722. The highest BCUT2D eigenvalue weighted by atomic mass is 79.9. The van der Waals surface area contributed by atoms with Crippen molar-refractivity contribution in [3.63, 3.8) is 0 Å². The van der Waals surface area contributed by atoms with Gasteiger partial charge in [0.25, 0.3) is 0 Å². The lowest BCUT2D eigenvalue weighted by Gasteiger charge is -2.33. The van der Waals surface area contributed by atoms with Gasteiger partial charge in [-0.05, 0) is 25.7 Å². The second kappa shape index (κ2) is 6.71. The van der Waals surface area contributed by atoms with Crippen molar-refractivity contribution in [2.24, 2.45) is 0 Å². The van der Waals surface area contributed by atoms with E-state index in [2.05, 4.69) is 15.9 Å². The number of halogens is 1. The summed E-state index contributed by atoms with van der Waals surface area (Å²) in [6.07, 6.45) is 9.58. The minimum atomic E-state index is -3.07. The van der Waals surface area contributed by atoms with Crippen LogP contribution in [0.4, 0.5) is 0 Å². The summed E-state index contributed by atoms with van der Waals surface area (Å²) in [5.41, 5.74) is 0. The molecule has 0 amide bonds. The van der Waals surface area contributed by atoms with Crippen molar-refractivity contribution in [2.75, 3.05) is 11.9 Å². The maximum Gasteiger partial charge on any atom is 0.217 e. The molecule has 2 saturated carbocycles. The van der Waals surface area contributed by atoms with Gasteiger partial charge in [-0.2, -0.15) is 4.31 Å². The number of rotatable bonds is 5. The third kappa shape index (κ3) is 3.28. The summed E-state index contributed by atoms with van der Waals surface area (Å²) in [6, 6.07) is 0.273. The van der Waals surface area contributed by atoms with Crippen LogP contribution in [0.25, 0.3) is 0 Å². The largest absolute Gasteiger partial charge is 0.217 e. The Balaban J connectivity index is 2.11. The van der Waals surface area contributed by atoms with Crippen LogP contribution in [0.1, 0.15) is 57.8 Å². The monoisotopic (exact) mass is 337 g/mol. The average molecular weight is 338 g/mol. The Bertz CT molecular complexity index is 346. The highest BCUT2D eigenvalue weighted by Crippen LogP contribution is 2.31. The fourth-order valence-electron chi connectivity index (χ4n) is 3.35. The summed E-state index contributed by atoms with van der Waals surface area (Å²) < 4.78 is 27.4. The Morgan fingerprint density at radius 3 is 2.06 bits per heavy atom. The highest BCUT2D eigenvalue weighted by molar-refractivity contribution is 9.09. The van der Waals surface area contributed by atoms with Crippen LogP contribution in [-0.2, 0) is 10.0 Å². The first-order valence-corrected chi connectivity index (χ1v) is 9.85. The van der Waals surface area contributed by atoms with Gasteiger partial charge in [-0.25, -0.2) is 8.42 Å². The average Bonchev–Trinajstić information content (AvgIpc) is 2.90. The van der Waals surface area contributed by atoms with Crippen LogP contribution in [0.15, 0.2) is 0 Å². The molecule has 0 radical (unpaired) electrons. The maximum absolute atomic E-state index is 12.8. The molecule has 0 unspecified atom stereocenters. The van der Waals surface area contributed by atoms with Crippen molar-refractivity contribution >= 4 is 26.0 Å². The van der Waals surface area contributed by atoms with Gasteiger partial charge in [0, 0.05) is 17.9 Å². The van der Waals surface area contributed by atoms with E-state index in [4.69, 9.17) is 0 Å². The molecule has 0 atom stereocenters. The second-order valence-electron chi connectivity index (χ2n) is 5.54. The predicted octanol–water partition coefficient (Wildman–Crippen LogP) is 3.29. The summed E-state index contributed by atoms with van der Waals surface area (Å²) in [6.45, 7) is 0.642. The molecule has 0 N–H and O–H groups in total. The molecule has 0 bridgehead atoms. The number of nitrogens with zero attached hydrogens (tertiary/aromatic N) is 1. The molecule has 0 aromatic carbocycles. The molecule has 2 aliphatic rings. The minimum Gasteiger partial charge on any atom is -0.212 e. The van der Waals surface area contributed by atoms with Gasteiger partial charge >= 0.3 is 0 Å². The zero-order valence-electron chi connectivity index (χ0n) is 11.0. The fraction of sp³-hybridized carbons (Fsp3) is 1.00. The lowest BCUT2D eigenvalue weighted by molar-refractivity contribution is 0.326. The molecule has 2 aliphatic carbocycles. The Kier molecular flexibility index (Phi) is 5.51. The predicted molar refractivity (Wildman–Crippen MR) is 78.5 cm³/mol. The van der Waals surface area contributed by atoms with E-state index in [-0.39, 0.29) is 11.3 Å². The summed E-state index contributed by atoms with van der Waals surface area (Å²) in [7, 11) is -3.07. The van der Waals surface area contributed by atoms with Crippen molar-refractivity contribution in [1.82, 2.24) is 4.31 Å². The van der Waals surface area contributed by atoms with E-state index in [0.29, 0.717) is 6.54 Å². The molecule has 2 rings (SSSR count).